The molecule has 1 nitrogen and oxygen atoms in total. The van der Waals surface area contributed by atoms with Gasteiger partial charge in [0.2, 0.25) is 0 Å². The quantitative estimate of drug-likeness (QED) is 0.753. The van der Waals surface area contributed by atoms with E-state index in [9.17, 15) is 4.39 Å². The Kier molecular flexibility index (Phi) is 3.59. The molecule has 0 aliphatic carbocycles. The molecule has 1 aromatic carbocycles. The molecule has 2 rings (SSSR count). The lowest BCUT2D eigenvalue weighted by Crippen LogP contribution is -2.47. The third kappa shape index (κ3) is 2.62. The monoisotopic (exact) mass is 221 g/mol. The molecule has 0 spiro atoms. The molecule has 1 heterocycles. The Labute approximate surface area is 97.3 Å². The van der Waals surface area contributed by atoms with Crippen LogP contribution in [0.4, 0.5) is 4.39 Å². The van der Waals surface area contributed by atoms with Crippen LogP contribution < -0.4 is 0 Å². The van der Waals surface area contributed by atoms with E-state index in [2.05, 4.69) is 43.0 Å². The summed E-state index contributed by atoms with van der Waals surface area (Å²) in [5.74, 6) is 0.633. The standard InChI is InChI=1S/C14H20FN/c1-3-11(2)13-6-4-12(5-7-13)8-16-9-14(15)10-16/h4-7,11,14H,3,8-10H2,1-2H3. The van der Waals surface area contributed by atoms with Crippen molar-refractivity contribution in [3.05, 3.63) is 35.4 Å². The summed E-state index contributed by atoms with van der Waals surface area (Å²) in [7, 11) is 0. The molecule has 1 unspecified atom stereocenters. The summed E-state index contributed by atoms with van der Waals surface area (Å²) < 4.78 is 12.6. The van der Waals surface area contributed by atoms with Gasteiger partial charge in [0.1, 0.15) is 6.17 Å². The van der Waals surface area contributed by atoms with Crippen molar-refractivity contribution >= 4 is 0 Å². The molecule has 0 saturated carbocycles. The van der Waals surface area contributed by atoms with Crippen molar-refractivity contribution in [1.82, 2.24) is 4.90 Å². The summed E-state index contributed by atoms with van der Waals surface area (Å²) in [5.41, 5.74) is 2.69. The average molecular weight is 221 g/mol. The second kappa shape index (κ2) is 4.96. The van der Waals surface area contributed by atoms with Crippen molar-refractivity contribution in [2.24, 2.45) is 0 Å². The summed E-state index contributed by atoms with van der Waals surface area (Å²) in [6.07, 6.45) is 0.578. The fraction of sp³-hybridized carbons (Fsp3) is 0.571. The van der Waals surface area contributed by atoms with Crippen LogP contribution in [-0.2, 0) is 6.54 Å². The minimum atomic E-state index is -0.598. The van der Waals surface area contributed by atoms with E-state index in [1.54, 1.807) is 0 Å². The first-order chi connectivity index (χ1) is 7.69. The molecule has 1 aliphatic rings. The average Bonchev–Trinajstić information content (AvgIpc) is 2.27. The van der Waals surface area contributed by atoms with Crippen LogP contribution in [0.3, 0.4) is 0 Å². The Morgan fingerprint density at radius 2 is 1.94 bits per heavy atom. The second-order valence-electron chi connectivity index (χ2n) is 4.84. The van der Waals surface area contributed by atoms with E-state index in [0.717, 1.165) is 6.54 Å². The second-order valence-corrected chi connectivity index (χ2v) is 4.84. The molecule has 1 atom stereocenters. The Hall–Kier alpha value is -0.890. The van der Waals surface area contributed by atoms with Crippen LogP contribution in [0, 0.1) is 0 Å². The van der Waals surface area contributed by atoms with Crippen LogP contribution in [0.5, 0.6) is 0 Å². The van der Waals surface area contributed by atoms with E-state index in [4.69, 9.17) is 0 Å². The summed E-state index contributed by atoms with van der Waals surface area (Å²) in [5, 5.41) is 0. The summed E-state index contributed by atoms with van der Waals surface area (Å²) in [6, 6.07) is 8.76. The van der Waals surface area contributed by atoms with Crippen molar-refractivity contribution in [3.8, 4) is 0 Å². The number of rotatable bonds is 4. The van der Waals surface area contributed by atoms with Crippen LogP contribution in [-0.4, -0.2) is 24.2 Å². The highest BCUT2D eigenvalue weighted by molar-refractivity contribution is 5.25. The summed E-state index contributed by atoms with van der Waals surface area (Å²) in [4.78, 5) is 2.14. The molecule has 16 heavy (non-hydrogen) atoms. The highest BCUT2D eigenvalue weighted by atomic mass is 19.1. The van der Waals surface area contributed by atoms with Gasteiger partial charge in [0.25, 0.3) is 0 Å². The SMILES string of the molecule is CCC(C)c1ccc(CN2CC(F)C2)cc1. The van der Waals surface area contributed by atoms with Crippen LogP contribution in [0.15, 0.2) is 24.3 Å². The molecule has 1 saturated heterocycles. The molecule has 1 fully saturated rings. The highest BCUT2D eigenvalue weighted by Crippen LogP contribution is 2.20. The Morgan fingerprint density at radius 3 is 2.44 bits per heavy atom. The Bertz CT molecular complexity index is 327. The number of likely N-dealkylation sites (tertiary alicyclic amines) is 1. The van der Waals surface area contributed by atoms with Crippen molar-refractivity contribution in [2.45, 2.75) is 38.9 Å². The summed E-state index contributed by atoms with van der Waals surface area (Å²) >= 11 is 0. The lowest BCUT2D eigenvalue weighted by Gasteiger charge is -2.34. The predicted molar refractivity (Wildman–Crippen MR) is 65.3 cm³/mol. The summed E-state index contributed by atoms with van der Waals surface area (Å²) in [6.45, 7) is 6.56. The fourth-order valence-corrected chi connectivity index (χ4v) is 2.08. The van der Waals surface area contributed by atoms with E-state index in [1.165, 1.54) is 17.5 Å². The van der Waals surface area contributed by atoms with Gasteiger partial charge in [0, 0.05) is 19.6 Å². The van der Waals surface area contributed by atoms with Crippen LogP contribution in [0.2, 0.25) is 0 Å². The van der Waals surface area contributed by atoms with Gasteiger partial charge in [-0.1, -0.05) is 38.1 Å². The minimum absolute atomic E-state index is 0.598. The number of benzene rings is 1. The van der Waals surface area contributed by atoms with E-state index in [1.807, 2.05) is 0 Å². The first-order valence-electron chi connectivity index (χ1n) is 6.14. The molecule has 2 heteroatoms. The van der Waals surface area contributed by atoms with Gasteiger partial charge in [-0.2, -0.15) is 0 Å². The molecule has 0 bridgehead atoms. The van der Waals surface area contributed by atoms with Crippen LogP contribution in [0.25, 0.3) is 0 Å². The number of nitrogens with zero attached hydrogens (tertiary/aromatic N) is 1. The van der Waals surface area contributed by atoms with Gasteiger partial charge in [-0.05, 0) is 23.5 Å². The molecule has 0 amide bonds. The number of halogens is 1. The van der Waals surface area contributed by atoms with E-state index in [-0.39, 0.29) is 0 Å². The minimum Gasteiger partial charge on any atom is -0.293 e. The van der Waals surface area contributed by atoms with Gasteiger partial charge in [0.15, 0.2) is 0 Å². The molecule has 0 N–H and O–H groups in total. The zero-order valence-corrected chi connectivity index (χ0v) is 10.1. The fourth-order valence-electron chi connectivity index (χ4n) is 2.08. The zero-order chi connectivity index (χ0) is 11.5. The highest BCUT2D eigenvalue weighted by Gasteiger charge is 2.25. The first-order valence-corrected chi connectivity index (χ1v) is 6.14. The molecule has 1 aliphatic heterocycles. The number of alkyl halides is 1. The normalized spacial score (nSPS) is 19.4. The van der Waals surface area contributed by atoms with Gasteiger partial charge in [-0.25, -0.2) is 4.39 Å². The van der Waals surface area contributed by atoms with Crippen LogP contribution >= 0.6 is 0 Å². The topological polar surface area (TPSA) is 3.24 Å². The lowest BCUT2D eigenvalue weighted by molar-refractivity contribution is 0.0591. The van der Waals surface area contributed by atoms with Gasteiger partial charge in [-0.3, -0.25) is 4.90 Å². The van der Waals surface area contributed by atoms with Gasteiger partial charge in [0.05, 0.1) is 0 Å². The van der Waals surface area contributed by atoms with E-state index in [0.29, 0.717) is 19.0 Å². The van der Waals surface area contributed by atoms with E-state index < -0.39 is 6.17 Å². The van der Waals surface area contributed by atoms with Gasteiger partial charge >= 0.3 is 0 Å². The Balaban J connectivity index is 1.92. The maximum absolute atomic E-state index is 12.6. The number of hydrogen-bond donors (Lipinski definition) is 0. The zero-order valence-electron chi connectivity index (χ0n) is 10.1. The number of hydrogen-bond acceptors (Lipinski definition) is 1. The van der Waals surface area contributed by atoms with Crippen LogP contribution in [0.1, 0.15) is 37.3 Å². The van der Waals surface area contributed by atoms with Gasteiger partial charge < -0.3 is 0 Å². The van der Waals surface area contributed by atoms with Crippen molar-refractivity contribution in [3.63, 3.8) is 0 Å². The van der Waals surface area contributed by atoms with Gasteiger partial charge in [-0.15, -0.1) is 0 Å². The maximum Gasteiger partial charge on any atom is 0.125 e. The maximum atomic E-state index is 12.6. The van der Waals surface area contributed by atoms with Crippen molar-refractivity contribution < 1.29 is 4.39 Å². The molecular weight excluding hydrogens is 201 g/mol. The molecule has 1 aromatic rings. The largest absolute Gasteiger partial charge is 0.293 e. The smallest absolute Gasteiger partial charge is 0.125 e. The van der Waals surface area contributed by atoms with Crippen molar-refractivity contribution in [1.29, 1.82) is 0 Å². The molecular formula is C14H20FN. The predicted octanol–water partition coefficient (Wildman–Crippen LogP) is 3.35. The van der Waals surface area contributed by atoms with E-state index >= 15 is 0 Å². The van der Waals surface area contributed by atoms with Crippen molar-refractivity contribution in [2.75, 3.05) is 13.1 Å². The first kappa shape index (κ1) is 11.6. The molecule has 88 valence electrons. The lowest BCUT2D eigenvalue weighted by atomic mass is 9.97. The third-order valence-corrected chi connectivity index (χ3v) is 3.48. The molecule has 0 aromatic heterocycles. The molecule has 0 radical (unpaired) electrons. The third-order valence-electron chi connectivity index (χ3n) is 3.48. The Morgan fingerprint density at radius 1 is 1.31 bits per heavy atom.